The molecule has 0 saturated carbocycles. The van der Waals surface area contributed by atoms with Gasteiger partial charge in [0.2, 0.25) is 0 Å². The lowest BCUT2D eigenvalue weighted by molar-refractivity contribution is 0.200. The van der Waals surface area contributed by atoms with Crippen LogP contribution in [0.3, 0.4) is 0 Å². The molecule has 2 aromatic carbocycles. The smallest absolute Gasteiger partial charge is 0.412 e. The fourth-order valence-electron chi connectivity index (χ4n) is 4.23. The van der Waals surface area contributed by atoms with E-state index >= 15 is 0 Å². The molecule has 2 aromatic rings. The van der Waals surface area contributed by atoms with E-state index in [1.54, 1.807) is 36.0 Å². The Bertz CT molecular complexity index is 808. The van der Waals surface area contributed by atoms with Crippen molar-refractivity contribution in [2.24, 2.45) is 0 Å². The van der Waals surface area contributed by atoms with Crippen molar-refractivity contribution in [2.45, 2.75) is 119 Å². The molecule has 5 heteroatoms. The fourth-order valence-corrected chi connectivity index (χ4v) is 5.05. The van der Waals surface area contributed by atoms with Crippen molar-refractivity contribution in [1.82, 2.24) is 5.32 Å². The maximum atomic E-state index is 12.0. The van der Waals surface area contributed by atoms with Crippen LogP contribution in [0.4, 0.5) is 4.79 Å². The van der Waals surface area contributed by atoms with E-state index in [-0.39, 0.29) is 5.75 Å². The van der Waals surface area contributed by atoms with Gasteiger partial charge in [-0.3, -0.25) is 0 Å². The van der Waals surface area contributed by atoms with E-state index in [2.05, 4.69) is 12.2 Å². The van der Waals surface area contributed by atoms with Crippen molar-refractivity contribution in [3.05, 3.63) is 48.5 Å². The number of carbonyl (C=O) groups is 1. The molecule has 0 aliphatic carbocycles. The number of nitrogens with one attached hydrogen (secondary N) is 1. The Balaban J connectivity index is 1.38. The number of unbranched alkanes of at least 4 members (excludes halogenated alkanes) is 15. The quantitative estimate of drug-likeness (QED) is 0.173. The molecule has 0 heterocycles. The zero-order valence-corrected chi connectivity index (χ0v) is 23.1. The number of hydrogen-bond acceptors (Lipinski definition) is 4. The fraction of sp³-hybridized carbons (Fsp3) is 0.581. The third kappa shape index (κ3) is 15.1. The molecule has 0 aromatic heterocycles. The summed E-state index contributed by atoms with van der Waals surface area (Å²) in [6, 6.07) is 14.5. The second-order valence-electron chi connectivity index (χ2n) is 9.69. The molecule has 0 spiro atoms. The van der Waals surface area contributed by atoms with Gasteiger partial charge in [0.15, 0.2) is 0 Å². The average molecular weight is 514 g/mol. The Kier molecular flexibility index (Phi) is 16.7. The van der Waals surface area contributed by atoms with Crippen LogP contribution in [0.2, 0.25) is 0 Å². The maximum absolute atomic E-state index is 12.0. The van der Waals surface area contributed by atoms with Gasteiger partial charge in [-0.15, -0.1) is 0 Å². The largest absolute Gasteiger partial charge is 0.508 e. The van der Waals surface area contributed by atoms with Gasteiger partial charge in [0.05, 0.1) is 0 Å². The molecule has 1 amide bonds. The van der Waals surface area contributed by atoms with E-state index in [0.29, 0.717) is 12.3 Å². The predicted octanol–water partition coefficient (Wildman–Crippen LogP) is 9.89. The summed E-state index contributed by atoms with van der Waals surface area (Å²) in [6.07, 6.45) is 21.1. The topological polar surface area (TPSA) is 58.6 Å². The number of amides is 1. The highest BCUT2D eigenvalue weighted by atomic mass is 32.2. The number of phenols is 1. The predicted molar refractivity (Wildman–Crippen MR) is 152 cm³/mol. The van der Waals surface area contributed by atoms with Gasteiger partial charge in [-0.25, -0.2) is 4.79 Å². The van der Waals surface area contributed by atoms with Crippen molar-refractivity contribution in [3.63, 3.8) is 0 Å². The molecule has 2 rings (SSSR count). The minimum atomic E-state index is -0.394. The first-order chi connectivity index (χ1) is 17.7. The van der Waals surface area contributed by atoms with Gasteiger partial charge >= 0.3 is 6.09 Å². The highest BCUT2D eigenvalue weighted by Crippen LogP contribution is 2.30. The number of benzene rings is 2. The zero-order chi connectivity index (χ0) is 25.7. The van der Waals surface area contributed by atoms with E-state index < -0.39 is 6.09 Å². The summed E-state index contributed by atoms with van der Waals surface area (Å²) in [6.45, 7) is 2.94. The Morgan fingerprint density at radius 2 is 1.08 bits per heavy atom. The highest BCUT2D eigenvalue weighted by molar-refractivity contribution is 7.99. The molecular weight excluding hydrogens is 466 g/mol. The average Bonchev–Trinajstić information content (AvgIpc) is 2.88. The summed E-state index contributed by atoms with van der Waals surface area (Å²) >= 11 is 1.59. The zero-order valence-electron chi connectivity index (χ0n) is 22.3. The van der Waals surface area contributed by atoms with Crippen LogP contribution in [-0.2, 0) is 0 Å². The summed E-state index contributed by atoms with van der Waals surface area (Å²) in [7, 11) is 0. The van der Waals surface area contributed by atoms with Gasteiger partial charge in [-0.1, -0.05) is 115 Å². The van der Waals surface area contributed by atoms with Gasteiger partial charge < -0.3 is 15.2 Å². The van der Waals surface area contributed by atoms with Crippen LogP contribution in [0.1, 0.15) is 110 Å². The lowest BCUT2D eigenvalue weighted by Gasteiger charge is -2.08. The maximum Gasteiger partial charge on any atom is 0.412 e. The summed E-state index contributed by atoms with van der Waals surface area (Å²) in [5.74, 6) is 0.795. The molecule has 200 valence electrons. The van der Waals surface area contributed by atoms with Crippen molar-refractivity contribution in [1.29, 1.82) is 0 Å². The molecule has 0 aliphatic heterocycles. The number of aromatic hydroxyl groups is 1. The lowest BCUT2D eigenvalue weighted by atomic mass is 10.0. The van der Waals surface area contributed by atoms with Crippen molar-refractivity contribution >= 4 is 17.9 Å². The van der Waals surface area contributed by atoms with Crippen LogP contribution in [0.15, 0.2) is 58.3 Å². The standard InChI is InChI=1S/C31H47NO3S/c1-2-3-4-5-6-7-8-9-10-11-12-13-14-15-16-17-26-32-31(34)35-28-20-24-30(25-21-28)36-29-22-18-27(33)19-23-29/h18-25,33H,2-17,26H2,1H3,(H,32,34). The van der Waals surface area contributed by atoms with Crippen molar-refractivity contribution in [2.75, 3.05) is 6.54 Å². The molecule has 36 heavy (non-hydrogen) atoms. The first kappa shape index (κ1) is 30.1. The van der Waals surface area contributed by atoms with Crippen LogP contribution < -0.4 is 10.1 Å². The van der Waals surface area contributed by atoms with Gasteiger partial charge in [0, 0.05) is 16.3 Å². The molecule has 4 nitrogen and oxygen atoms in total. The van der Waals surface area contributed by atoms with Gasteiger partial charge in [-0.05, 0) is 55.0 Å². The molecule has 0 aliphatic rings. The van der Waals surface area contributed by atoms with Crippen LogP contribution in [-0.4, -0.2) is 17.7 Å². The van der Waals surface area contributed by atoms with Crippen LogP contribution in [0.5, 0.6) is 11.5 Å². The minimum absolute atomic E-state index is 0.258. The summed E-state index contributed by atoms with van der Waals surface area (Å²) in [5, 5.41) is 12.2. The van der Waals surface area contributed by atoms with E-state index in [0.717, 1.165) is 22.6 Å². The normalized spacial score (nSPS) is 10.9. The molecule has 0 atom stereocenters. The SMILES string of the molecule is CCCCCCCCCCCCCCCCCCNC(=O)Oc1ccc(Sc2ccc(O)cc2)cc1. The molecule has 0 radical (unpaired) electrons. The second-order valence-corrected chi connectivity index (χ2v) is 10.8. The van der Waals surface area contributed by atoms with Gasteiger partial charge in [0.25, 0.3) is 0 Å². The third-order valence-corrected chi connectivity index (χ3v) is 7.42. The molecule has 2 N–H and O–H groups in total. The Morgan fingerprint density at radius 3 is 1.56 bits per heavy atom. The first-order valence-corrected chi connectivity index (χ1v) is 15.0. The number of hydrogen-bond donors (Lipinski definition) is 2. The number of ether oxygens (including phenoxy) is 1. The lowest BCUT2D eigenvalue weighted by Crippen LogP contribution is -2.27. The van der Waals surface area contributed by atoms with Crippen LogP contribution in [0, 0.1) is 0 Å². The van der Waals surface area contributed by atoms with E-state index in [9.17, 15) is 9.90 Å². The Morgan fingerprint density at radius 1 is 0.667 bits per heavy atom. The Hall–Kier alpha value is -2.14. The minimum Gasteiger partial charge on any atom is -0.508 e. The van der Waals surface area contributed by atoms with Crippen molar-refractivity contribution < 1.29 is 14.6 Å². The molecule has 0 bridgehead atoms. The molecular formula is C31H47NO3S. The van der Waals surface area contributed by atoms with Crippen molar-refractivity contribution in [3.8, 4) is 11.5 Å². The summed E-state index contributed by atoms with van der Waals surface area (Å²) in [4.78, 5) is 14.1. The first-order valence-electron chi connectivity index (χ1n) is 14.2. The molecule has 0 unspecified atom stereocenters. The number of phenolic OH excluding ortho intramolecular Hbond substituents is 1. The van der Waals surface area contributed by atoms with Gasteiger partial charge in [-0.2, -0.15) is 0 Å². The van der Waals surface area contributed by atoms with Crippen LogP contribution in [0.25, 0.3) is 0 Å². The monoisotopic (exact) mass is 513 g/mol. The molecule has 0 fully saturated rings. The third-order valence-electron chi connectivity index (χ3n) is 6.41. The number of rotatable bonds is 20. The highest BCUT2D eigenvalue weighted by Gasteiger charge is 2.05. The summed E-state index contributed by atoms with van der Waals surface area (Å²) in [5.41, 5.74) is 0. The van der Waals surface area contributed by atoms with E-state index in [4.69, 9.17) is 4.74 Å². The Labute approximate surface area is 223 Å². The second kappa shape index (κ2) is 20.0. The van der Waals surface area contributed by atoms with E-state index in [1.807, 2.05) is 24.3 Å². The van der Waals surface area contributed by atoms with E-state index in [1.165, 1.54) is 89.9 Å². The van der Waals surface area contributed by atoms with Gasteiger partial charge in [0.1, 0.15) is 11.5 Å². The summed E-state index contributed by atoms with van der Waals surface area (Å²) < 4.78 is 5.37. The number of carbonyl (C=O) groups excluding carboxylic acids is 1. The van der Waals surface area contributed by atoms with Crippen LogP contribution >= 0.6 is 11.8 Å². The molecule has 0 saturated heterocycles.